The fourth-order valence-electron chi connectivity index (χ4n) is 3.03. The van der Waals surface area contributed by atoms with E-state index in [0.29, 0.717) is 5.41 Å². The Morgan fingerprint density at radius 3 is 2.27 bits per heavy atom. The molecular weight excluding hydrogens is 182 g/mol. The lowest BCUT2D eigenvalue weighted by Gasteiger charge is -2.42. The molecule has 0 amide bonds. The first-order valence-electron chi connectivity index (χ1n) is 6.72. The van der Waals surface area contributed by atoms with Crippen molar-refractivity contribution in [2.24, 2.45) is 17.3 Å². The molecule has 1 aliphatic carbocycles. The SMILES string of the molecule is CCNC1CCC(C(C)(C)C)CC1CC. The van der Waals surface area contributed by atoms with Gasteiger partial charge in [-0.3, -0.25) is 0 Å². The van der Waals surface area contributed by atoms with Crippen molar-refractivity contribution < 1.29 is 0 Å². The molecule has 1 saturated carbocycles. The van der Waals surface area contributed by atoms with Gasteiger partial charge in [0.05, 0.1) is 0 Å². The molecule has 90 valence electrons. The van der Waals surface area contributed by atoms with Gasteiger partial charge in [0.15, 0.2) is 0 Å². The highest BCUT2D eigenvalue weighted by Crippen LogP contribution is 2.41. The van der Waals surface area contributed by atoms with Crippen molar-refractivity contribution in [3.8, 4) is 0 Å². The van der Waals surface area contributed by atoms with Crippen molar-refractivity contribution in [1.29, 1.82) is 0 Å². The van der Waals surface area contributed by atoms with E-state index in [-0.39, 0.29) is 0 Å². The molecule has 3 unspecified atom stereocenters. The molecule has 0 aromatic heterocycles. The molecule has 3 atom stereocenters. The lowest BCUT2D eigenvalue weighted by atomic mass is 9.67. The topological polar surface area (TPSA) is 12.0 Å². The Labute approximate surface area is 96.0 Å². The molecule has 1 N–H and O–H groups in total. The van der Waals surface area contributed by atoms with E-state index in [2.05, 4.69) is 39.9 Å². The Morgan fingerprint density at radius 1 is 1.13 bits per heavy atom. The van der Waals surface area contributed by atoms with Gasteiger partial charge in [0.25, 0.3) is 0 Å². The lowest BCUT2D eigenvalue weighted by Crippen LogP contribution is -2.42. The van der Waals surface area contributed by atoms with Crippen LogP contribution in [0.1, 0.15) is 60.3 Å². The number of nitrogens with one attached hydrogen (secondary N) is 1. The van der Waals surface area contributed by atoms with Crippen LogP contribution in [0.5, 0.6) is 0 Å². The van der Waals surface area contributed by atoms with Crippen LogP contribution < -0.4 is 5.32 Å². The van der Waals surface area contributed by atoms with E-state index >= 15 is 0 Å². The molecule has 0 aromatic carbocycles. The van der Waals surface area contributed by atoms with Crippen LogP contribution in [0.15, 0.2) is 0 Å². The van der Waals surface area contributed by atoms with Gasteiger partial charge in [-0.25, -0.2) is 0 Å². The fourth-order valence-corrected chi connectivity index (χ4v) is 3.03. The zero-order valence-corrected chi connectivity index (χ0v) is 11.3. The highest BCUT2D eigenvalue weighted by atomic mass is 14.9. The van der Waals surface area contributed by atoms with E-state index < -0.39 is 0 Å². The lowest BCUT2D eigenvalue weighted by molar-refractivity contribution is 0.112. The molecule has 0 spiro atoms. The van der Waals surface area contributed by atoms with Gasteiger partial charge in [0.1, 0.15) is 0 Å². The molecule has 0 aliphatic heterocycles. The maximum Gasteiger partial charge on any atom is 0.00953 e. The quantitative estimate of drug-likeness (QED) is 0.748. The van der Waals surface area contributed by atoms with Gasteiger partial charge in [-0.1, -0.05) is 41.0 Å². The summed E-state index contributed by atoms with van der Waals surface area (Å²) in [5.41, 5.74) is 0.505. The van der Waals surface area contributed by atoms with Crippen LogP contribution in [0.25, 0.3) is 0 Å². The largest absolute Gasteiger partial charge is 0.314 e. The van der Waals surface area contributed by atoms with Crippen molar-refractivity contribution in [3.63, 3.8) is 0 Å². The third kappa shape index (κ3) is 3.48. The third-order valence-electron chi connectivity index (χ3n) is 4.20. The van der Waals surface area contributed by atoms with E-state index in [4.69, 9.17) is 0 Å². The molecule has 0 bridgehead atoms. The average molecular weight is 211 g/mol. The minimum atomic E-state index is 0.505. The van der Waals surface area contributed by atoms with Gasteiger partial charge >= 0.3 is 0 Å². The Balaban J connectivity index is 2.55. The van der Waals surface area contributed by atoms with Crippen LogP contribution in [0.4, 0.5) is 0 Å². The van der Waals surface area contributed by atoms with Gasteiger partial charge in [0.2, 0.25) is 0 Å². The first kappa shape index (κ1) is 13.0. The Bertz CT molecular complexity index is 180. The molecule has 1 heteroatoms. The summed E-state index contributed by atoms with van der Waals surface area (Å²) in [6.07, 6.45) is 5.56. The molecule has 0 radical (unpaired) electrons. The first-order chi connectivity index (χ1) is 6.99. The summed E-state index contributed by atoms with van der Waals surface area (Å²) in [4.78, 5) is 0. The van der Waals surface area contributed by atoms with E-state index in [9.17, 15) is 0 Å². The van der Waals surface area contributed by atoms with E-state index in [1.54, 1.807) is 0 Å². The van der Waals surface area contributed by atoms with Gasteiger partial charge in [-0.05, 0) is 43.1 Å². The summed E-state index contributed by atoms with van der Waals surface area (Å²) in [5.74, 6) is 1.83. The summed E-state index contributed by atoms with van der Waals surface area (Å²) < 4.78 is 0. The van der Waals surface area contributed by atoms with Crippen molar-refractivity contribution >= 4 is 0 Å². The standard InChI is InChI=1S/C14H29N/c1-6-11-10-12(14(3,4)5)8-9-13(11)15-7-2/h11-13,15H,6-10H2,1-5H3. The van der Waals surface area contributed by atoms with Crippen molar-refractivity contribution in [2.75, 3.05) is 6.54 Å². The van der Waals surface area contributed by atoms with Crippen LogP contribution in [0.2, 0.25) is 0 Å². The fraction of sp³-hybridized carbons (Fsp3) is 1.00. The summed E-state index contributed by atoms with van der Waals surface area (Å²) >= 11 is 0. The second kappa shape index (κ2) is 5.34. The summed E-state index contributed by atoms with van der Waals surface area (Å²) in [5, 5.41) is 3.66. The Hall–Kier alpha value is -0.0400. The second-order valence-electron chi connectivity index (χ2n) is 6.21. The minimum absolute atomic E-state index is 0.505. The molecule has 0 aromatic rings. The van der Waals surface area contributed by atoms with Crippen LogP contribution in [0, 0.1) is 17.3 Å². The predicted molar refractivity (Wildman–Crippen MR) is 68.0 cm³/mol. The van der Waals surface area contributed by atoms with Gasteiger partial charge < -0.3 is 5.32 Å². The zero-order valence-electron chi connectivity index (χ0n) is 11.3. The van der Waals surface area contributed by atoms with Crippen molar-refractivity contribution in [3.05, 3.63) is 0 Å². The van der Waals surface area contributed by atoms with E-state index in [0.717, 1.165) is 24.4 Å². The molecular formula is C14H29N. The van der Waals surface area contributed by atoms with Gasteiger partial charge in [0, 0.05) is 6.04 Å². The summed E-state index contributed by atoms with van der Waals surface area (Å²) in [6, 6.07) is 0.790. The Morgan fingerprint density at radius 2 is 1.80 bits per heavy atom. The van der Waals surface area contributed by atoms with Crippen molar-refractivity contribution in [2.45, 2.75) is 66.3 Å². The second-order valence-corrected chi connectivity index (χ2v) is 6.21. The maximum atomic E-state index is 3.66. The average Bonchev–Trinajstić information content (AvgIpc) is 2.17. The molecule has 1 aliphatic rings. The number of hydrogen-bond donors (Lipinski definition) is 1. The molecule has 1 nitrogen and oxygen atoms in total. The monoisotopic (exact) mass is 211 g/mol. The van der Waals surface area contributed by atoms with E-state index in [1.165, 1.54) is 25.7 Å². The van der Waals surface area contributed by atoms with Gasteiger partial charge in [-0.15, -0.1) is 0 Å². The van der Waals surface area contributed by atoms with Crippen LogP contribution in [-0.4, -0.2) is 12.6 Å². The highest BCUT2D eigenvalue weighted by Gasteiger charge is 2.34. The van der Waals surface area contributed by atoms with Gasteiger partial charge in [-0.2, -0.15) is 0 Å². The van der Waals surface area contributed by atoms with Crippen molar-refractivity contribution in [1.82, 2.24) is 5.32 Å². The zero-order chi connectivity index (χ0) is 11.5. The van der Waals surface area contributed by atoms with E-state index in [1.807, 2.05) is 0 Å². The number of hydrogen-bond acceptors (Lipinski definition) is 1. The normalized spacial score (nSPS) is 33.0. The van der Waals surface area contributed by atoms with Crippen LogP contribution in [0.3, 0.4) is 0 Å². The maximum absolute atomic E-state index is 3.66. The molecule has 1 rings (SSSR count). The smallest absolute Gasteiger partial charge is 0.00953 e. The predicted octanol–water partition coefficient (Wildman–Crippen LogP) is 3.84. The first-order valence-corrected chi connectivity index (χ1v) is 6.72. The molecule has 1 fully saturated rings. The summed E-state index contributed by atoms with van der Waals surface area (Å²) in [6.45, 7) is 12.9. The summed E-state index contributed by atoms with van der Waals surface area (Å²) in [7, 11) is 0. The molecule has 0 heterocycles. The third-order valence-corrected chi connectivity index (χ3v) is 4.20. The van der Waals surface area contributed by atoms with Crippen LogP contribution >= 0.6 is 0 Å². The highest BCUT2D eigenvalue weighted by molar-refractivity contribution is 4.88. The minimum Gasteiger partial charge on any atom is -0.314 e. The Kier molecular flexibility index (Phi) is 4.64. The van der Waals surface area contributed by atoms with Crippen LogP contribution in [-0.2, 0) is 0 Å². The molecule has 0 saturated heterocycles. The molecule has 15 heavy (non-hydrogen) atoms. The number of rotatable bonds is 3.